The van der Waals surface area contributed by atoms with Gasteiger partial charge in [0.15, 0.2) is 0 Å². The first-order chi connectivity index (χ1) is 14.0. The smallest absolute Gasteiger partial charge is 0.251 e. The lowest BCUT2D eigenvalue weighted by Crippen LogP contribution is -2.34. The predicted octanol–water partition coefficient (Wildman–Crippen LogP) is 2.90. The molecular weight excluding hydrogens is 368 g/mol. The molecule has 0 aliphatic rings. The van der Waals surface area contributed by atoms with Crippen molar-refractivity contribution in [2.24, 2.45) is 5.92 Å². The minimum absolute atomic E-state index is 0.0349. The summed E-state index contributed by atoms with van der Waals surface area (Å²) in [5, 5.41) is 3.01. The number of hydrogen-bond donors (Lipinski definition) is 2. The average Bonchev–Trinajstić information content (AvgIpc) is 2.72. The number of para-hydroxylation sites is 1. The first-order valence-electron chi connectivity index (χ1n) is 9.41. The van der Waals surface area contributed by atoms with Gasteiger partial charge in [0, 0.05) is 29.6 Å². The van der Waals surface area contributed by atoms with Gasteiger partial charge in [-0.2, -0.15) is 0 Å². The van der Waals surface area contributed by atoms with Crippen LogP contribution in [0.5, 0.6) is 5.75 Å². The Bertz CT molecular complexity index is 1030. The first-order valence-corrected chi connectivity index (χ1v) is 9.41. The molecule has 0 saturated heterocycles. The number of aromatic nitrogens is 3. The summed E-state index contributed by atoms with van der Waals surface area (Å²) < 4.78 is 5.32. The molecule has 1 amide bonds. The maximum Gasteiger partial charge on any atom is 0.251 e. The number of nitrogens with one attached hydrogen (secondary N) is 2. The zero-order valence-electron chi connectivity index (χ0n) is 16.7. The topological polar surface area (TPSA) is 97.0 Å². The van der Waals surface area contributed by atoms with Gasteiger partial charge in [-0.3, -0.25) is 14.6 Å². The molecule has 0 radical (unpaired) electrons. The fraction of sp³-hybridized carbons (Fsp3) is 0.273. The maximum atomic E-state index is 12.7. The van der Waals surface area contributed by atoms with Crippen molar-refractivity contribution in [2.45, 2.75) is 26.3 Å². The van der Waals surface area contributed by atoms with E-state index < -0.39 is 6.04 Å². The van der Waals surface area contributed by atoms with Crippen LogP contribution in [0.1, 0.15) is 31.1 Å². The molecule has 0 unspecified atom stereocenters. The molecule has 7 heteroatoms. The molecule has 2 N–H and O–H groups in total. The number of carbonyl (C=O) groups is 1. The SMILES string of the molecule is COc1ccccc1CC(=O)N[C@@H](c1cc(=O)[nH]c(-c2cccnc2)n1)C(C)C. The summed E-state index contributed by atoms with van der Waals surface area (Å²) >= 11 is 0. The van der Waals surface area contributed by atoms with Gasteiger partial charge in [-0.15, -0.1) is 0 Å². The number of carbonyl (C=O) groups excluding carboxylic acids is 1. The normalized spacial score (nSPS) is 11.9. The lowest BCUT2D eigenvalue weighted by Gasteiger charge is -2.22. The Hall–Kier alpha value is -3.48. The maximum absolute atomic E-state index is 12.7. The summed E-state index contributed by atoms with van der Waals surface area (Å²) in [6.07, 6.45) is 3.46. The molecular formula is C22H24N4O3. The summed E-state index contributed by atoms with van der Waals surface area (Å²) in [6, 6.07) is 12.0. The third kappa shape index (κ3) is 5.07. The summed E-state index contributed by atoms with van der Waals surface area (Å²) in [5.74, 6) is 0.952. The van der Waals surface area contributed by atoms with Crippen LogP contribution < -0.4 is 15.6 Å². The van der Waals surface area contributed by atoms with Crippen LogP contribution in [0.25, 0.3) is 11.4 Å². The standard InChI is InChI=1S/C22H24N4O3/c1-14(2)21(25-19(27)11-15-7-4-5-9-18(15)29-3)17-12-20(28)26-22(24-17)16-8-6-10-23-13-16/h4-10,12-14,21H,11H2,1-3H3,(H,25,27)(H,24,26,28)/t21-/m1/s1. The van der Waals surface area contributed by atoms with Crippen molar-refractivity contribution in [3.05, 3.63) is 76.5 Å². The second-order valence-corrected chi connectivity index (χ2v) is 7.04. The first kappa shape index (κ1) is 20.3. The Balaban J connectivity index is 1.86. The molecule has 29 heavy (non-hydrogen) atoms. The van der Waals surface area contributed by atoms with Crippen LogP contribution >= 0.6 is 0 Å². The fourth-order valence-electron chi connectivity index (χ4n) is 3.10. The zero-order chi connectivity index (χ0) is 20.8. The number of nitrogens with zero attached hydrogens (tertiary/aromatic N) is 2. The van der Waals surface area contributed by atoms with Gasteiger partial charge < -0.3 is 15.0 Å². The molecule has 3 rings (SSSR count). The minimum atomic E-state index is -0.407. The van der Waals surface area contributed by atoms with E-state index in [0.717, 1.165) is 5.56 Å². The number of H-pyrrole nitrogens is 1. The van der Waals surface area contributed by atoms with Crippen molar-refractivity contribution in [3.63, 3.8) is 0 Å². The second-order valence-electron chi connectivity index (χ2n) is 7.04. The van der Waals surface area contributed by atoms with E-state index in [9.17, 15) is 9.59 Å². The molecule has 2 aromatic heterocycles. The third-order valence-electron chi connectivity index (χ3n) is 4.54. The number of benzene rings is 1. The molecule has 0 saturated carbocycles. The average molecular weight is 392 g/mol. The van der Waals surface area contributed by atoms with Crippen molar-refractivity contribution < 1.29 is 9.53 Å². The minimum Gasteiger partial charge on any atom is -0.496 e. The summed E-state index contributed by atoms with van der Waals surface area (Å²) in [4.78, 5) is 36.3. The van der Waals surface area contributed by atoms with Crippen molar-refractivity contribution in [1.82, 2.24) is 20.3 Å². The van der Waals surface area contributed by atoms with Crippen LogP contribution in [0.2, 0.25) is 0 Å². The highest BCUT2D eigenvalue weighted by molar-refractivity contribution is 5.79. The molecule has 0 fully saturated rings. The lowest BCUT2D eigenvalue weighted by atomic mass is 9.99. The van der Waals surface area contributed by atoms with Gasteiger partial charge >= 0.3 is 0 Å². The van der Waals surface area contributed by atoms with Gasteiger partial charge in [-0.05, 0) is 24.1 Å². The van der Waals surface area contributed by atoms with Crippen LogP contribution in [0.15, 0.2) is 59.7 Å². The molecule has 0 bridgehead atoms. The van der Waals surface area contributed by atoms with Crippen LogP contribution in [0.3, 0.4) is 0 Å². The molecule has 3 aromatic rings. The van der Waals surface area contributed by atoms with E-state index in [1.165, 1.54) is 6.07 Å². The number of amides is 1. The molecule has 2 heterocycles. The van der Waals surface area contributed by atoms with E-state index in [2.05, 4.69) is 20.3 Å². The zero-order valence-corrected chi connectivity index (χ0v) is 16.7. The summed E-state index contributed by atoms with van der Waals surface area (Å²) in [5.41, 5.74) is 1.73. The third-order valence-corrected chi connectivity index (χ3v) is 4.54. The van der Waals surface area contributed by atoms with E-state index in [1.54, 1.807) is 25.6 Å². The molecule has 1 aromatic carbocycles. The van der Waals surface area contributed by atoms with Crippen molar-refractivity contribution in [1.29, 1.82) is 0 Å². The number of hydrogen-bond acceptors (Lipinski definition) is 5. The van der Waals surface area contributed by atoms with Gasteiger partial charge in [0.25, 0.3) is 5.56 Å². The van der Waals surface area contributed by atoms with Crippen molar-refractivity contribution >= 4 is 5.91 Å². The second kappa shape index (κ2) is 9.14. The molecule has 0 aliphatic heterocycles. The number of aromatic amines is 1. The summed E-state index contributed by atoms with van der Waals surface area (Å²) in [6.45, 7) is 3.95. The number of rotatable bonds is 7. The summed E-state index contributed by atoms with van der Waals surface area (Å²) in [7, 11) is 1.58. The van der Waals surface area contributed by atoms with Crippen LogP contribution in [-0.4, -0.2) is 28.0 Å². The van der Waals surface area contributed by atoms with Gasteiger partial charge in [0.1, 0.15) is 11.6 Å². The van der Waals surface area contributed by atoms with E-state index in [4.69, 9.17) is 4.74 Å². The van der Waals surface area contributed by atoms with Crippen molar-refractivity contribution in [2.75, 3.05) is 7.11 Å². The van der Waals surface area contributed by atoms with Gasteiger partial charge in [-0.1, -0.05) is 32.0 Å². The number of methoxy groups -OCH3 is 1. The predicted molar refractivity (Wildman–Crippen MR) is 111 cm³/mol. The molecule has 0 aliphatic carbocycles. The highest BCUT2D eigenvalue weighted by atomic mass is 16.5. The lowest BCUT2D eigenvalue weighted by molar-refractivity contribution is -0.121. The monoisotopic (exact) mass is 392 g/mol. The molecule has 0 spiro atoms. The van der Waals surface area contributed by atoms with Crippen LogP contribution in [0, 0.1) is 5.92 Å². The van der Waals surface area contributed by atoms with E-state index in [0.29, 0.717) is 22.8 Å². The van der Waals surface area contributed by atoms with E-state index in [1.807, 2.05) is 44.2 Å². The number of ether oxygens (including phenoxy) is 1. The highest BCUT2D eigenvalue weighted by Gasteiger charge is 2.22. The Kier molecular flexibility index (Phi) is 6.39. The highest BCUT2D eigenvalue weighted by Crippen LogP contribution is 2.22. The Labute approximate surface area is 169 Å². The Morgan fingerprint density at radius 3 is 2.69 bits per heavy atom. The molecule has 7 nitrogen and oxygen atoms in total. The van der Waals surface area contributed by atoms with Crippen LogP contribution in [-0.2, 0) is 11.2 Å². The fourth-order valence-corrected chi connectivity index (χ4v) is 3.10. The van der Waals surface area contributed by atoms with E-state index >= 15 is 0 Å². The van der Waals surface area contributed by atoms with Gasteiger partial charge in [-0.25, -0.2) is 4.98 Å². The van der Waals surface area contributed by atoms with E-state index in [-0.39, 0.29) is 23.8 Å². The van der Waals surface area contributed by atoms with Crippen molar-refractivity contribution in [3.8, 4) is 17.1 Å². The number of pyridine rings is 1. The molecule has 150 valence electrons. The Morgan fingerprint density at radius 1 is 1.21 bits per heavy atom. The van der Waals surface area contributed by atoms with Crippen LogP contribution in [0.4, 0.5) is 0 Å². The van der Waals surface area contributed by atoms with Gasteiger partial charge in [0.2, 0.25) is 5.91 Å². The molecule has 1 atom stereocenters. The largest absolute Gasteiger partial charge is 0.496 e. The van der Waals surface area contributed by atoms with Gasteiger partial charge in [0.05, 0.1) is 25.3 Å². The quantitative estimate of drug-likeness (QED) is 0.644. The Morgan fingerprint density at radius 2 is 2.00 bits per heavy atom.